The molecule has 0 saturated heterocycles. The molecule has 0 saturated carbocycles. The van der Waals surface area contributed by atoms with Crippen molar-refractivity contribution in [1.82, 2.24) is 24.7 Å². The molecule has 0 spiro atoms. The molecule has 0 atom stereocenters. The number of fused-ring (bicyclic) bond motifs is 3. The van der Waals surface area contributed by atoms with E-state index in [0.29, 0.717) is 17.4 Å². The standard InChI is InChI=1S/C28H24ClN5O2/c1-3-23-31-25-22(29)12-13-30-27(25)34(23)15-17-8-11-21-19(14-17)10-9-18-6-4-5-7-20(18)24(21)16(2)26-32-28(35)36-33-26/h4-8,11-14H,3,9-10,15H2,1-2H3,(H,32,33,35). The molecule has 0 fully saturated rings. The number of hydrogen-bond donors (Lipinski definition) is 1. The largest absolute Gasteiger partial charge is 0.439 e. The number of nitrogens with one attached hydrogen (secondary N) is 1. The predicted molar refractivity (Wildman–Crippen MR) is 140 cm³/mol. The van der Waals surface area contributed by atoms with Gasteiger partial charge in [-0.05, 0) is 59.2 Å². The summed E-state index contributed by atoms with van der Waals surface area (Å²) in [7, 11) is 0. The van der Waals surface area contributed by atoms with Crippen LogP contribution in [0.4, 0.5) is 0 Å². The number of pyridine rings is 1. The van der Waals surface area contributed by atoms with E-state index in [1.54, 1.807) is 12.3 Å². The zero-order chi connectivity index (χ0) is 24.8. The topological polar surface area (TPSA) is 89.6 Å². The molecule has 3 aromatic heterocycles. The number of aromatic amines is 1. The fraction of sp³-hybridized carbons (Fsp3) is 0.214. The normalized spacial score (nSPS) is 14.4. The van der Waals surface area contributed by atoms with Crippen LogP contribution < -0.4 is 5.76 Å². The van der Waals surface area contributed by atoms with Crippen LogP contribution in [0.15, 0.2) is 64.0 Å². The number of allylic oxidation sites excluding steroid dienone is 1. The number of imidazole rings is 1. The summed E-state index contributed by atoms with van der Waals surface area (Å²) in [6.07, 6.45) is 4.34. The fourth-order valence-electron chi connectivity index (χ4n) is 5.16. The van der Waals surface area contributed by atoms with E-state index in [1.165, 1.54) is 16.7 Å². The first-order valence-corrected chi connectivity index (χ1v) is 12.4. The zero-order valence-electron chi connectivity index (χ0n) is 20.0. The molecule has 1 aliphatic carbocycles. The van der Waals surface area contributed by atoms with E-state index < -0.39 is 5.76 Å². The molecule has 180 valence electrons. The number of rotatable bonds is 4. The second-order valence-electron chi connectivity index (χ2n) is 9.03. The van der Waals surface area contributed by atoms with Gasteiger partial charge in [-0.3, -0.25) is 9.51 Å². The summed E-state index contributed by atoms with van der Waals surface area (Å²) in [5, 5.41) is 4.58. The van der Waals surface area contributed by atoms with Crippen LogP contribution in [0, 0.1) is 0 Å². The van der Waals surface area contributed by atoms with Crippen LogP contribution in [0.1, 0.15) is 53.3 Å². The van der Waals surface area contributed by atoms with Crippen molar-refractivity contribution in [2.75, 3.05) is 0 Å². The minimum absolute atomic E-state index is 0.446. The molecular weight excluding hydrogens is 474 g/mol. The van der Waals surface area contributed by atoms with Crippen LogP contribution in [0.3, 0.4) is 0 Å². The van der Waals surface area contributed by atoms with Gasteiger partial charge in [-0.2, -0.15) is 0 Å². The SMILES string of the molecule is CCc1nc2c(Cl)ccnc2n1Cc1ccc2c(c1)CCc1ccccc1C2=C(C)c1noc(=O)[nH]1. The third-order valence-electron chi connectivity index (χ3n) is 6.88. The van der Waals surface area contributed by atoms with Gasteiger partial charge in [-0.25, -0.2) is 14.8 Å². The first-order chi connectivity index (χ1) is 17.5. The summed E-state index contributed by atoms with van der Waals surface area (Å²) in [6, 6.07) is 16.8. The molecule has 0 aliphatic heterocycles. The zero-order valence-corrected chi connectivity index (χ0v) is 20.8. The number of aryl methyl sites for hydroxylation is 3. The smallest absolute Gasteiger partial charge is 0.308 e. The van der Waals surface area contributed by atoms with E-state index in [-0.39, 0.29) is 0 Å². The van der Waals surface area contributed by atoms with E-state index in [9.17, 15) is 4.79 Å². The molecule has 2 aromatic carbocycles. The molecule has 1 aliphatic rings. The van der Waals surface area contributed by atoms with Crippen LogP contribution in [0.2, 0.25) is 5.02 Å². The number of nitrogens with zero attached hydrogens (tertiary/aromatic N) is 4. The van der Waals surface area contributed by atoms with Gasteiger partial charge >= 0.3 is 5.76 Å². The van der Waals surface area contributed by atoms with Gasteiger partial charge in [0.15, 0.2) is 11.5 Å². The van der Waals surface area contributed by atoms with Gasteiger partial charge in [0, 0.05) is 18.2 Å². The quantitative estimate of drug-likeness (QED) is 0.356. The molecule has 7 nitrogen and oxygen atoms in total. The summed E-state index contributed by atoms with van der Waals surface area (Å²) in [6.45, 7) is 4.72. The average Bonchev–Trinajstić information content (AvgIpc) is 3.44. The minimum atomic E-state index is -0.560. The Morgan fingerprint density at radius 1 is 1.11 bits per heavy atom. The molecular formula is C28H24ClN5O2. The van der Waals surface area contributed by atoms with Gasteiger partial charge in [0.1, 0.15) is 11.3 Å². The molecule has 0 amide bonds. The second-order valence-corrected chi connectivity index (χ2v) is 9.43. The van der Waals surface area contributed by atoms with Crippen LogP contribution in [-0.2, 0) is 25.8 Å². The van der Waals surface area contributed by atoms with Crippen molar-refractivity contribution < 1.29 is 4.52 Å². The van der Waals surface area contributed by atoms with Gasteiger partial charge in [0.2, 0.25) is 0 Å². The third kappa shape index (κ3) is 3.76. The summed E-state index contributed by atoms with van der Waals surface area (Å²) in [4.78, 5) is 23.7. The van der Waals surface area contributed by atoms with Crippen molar-refractivity contribution in [3.8, 4) is 0 Å². The van der Waals surface area contributed by atoms with Gasteiger partial charge < -0.3 is 4.57 Å². The Labute approximate surface area is 212 Å². The van der Waals surface area contributed by atoms with E-state index in [0.717, 1.165) is 58.5 Å². The Morgan fingerprint density at radius 2 is 1.92 bits per heavy atom. The Balaban J connectivity index is 1.49. The van der Waals surface area contributed by atoms with Crippen molar-refractivity contribution in [3.63, 3.8) is 0 Å². The first-order valence-electron chi connectivity index (χ1n) is 12.0. The van der Waals surface area contributed by atoms with E-state index >= 15 is 0 Å². The highest BCUT2D eigenvalue weighted by Gasteiger charge is 2.23. The van der Waals surface area contributed by atoms with Crippen molar-refractivity contribution >= 4 is 33.9 Å². The molecule has 0 radical (unpaired) electrons. The van der Waals surface area contributed by atoms with Gasteiger partial charge in [0.25, 0.3) is 0 Å². The Hall–Kier alpha value is -3.97. The van der Waals surface area contributed by atoms with Crippen LogP contribution in [-0.4, -0.2) is 24.7 Å². The Kier molecular flexibility index (Phi) is 5.57. The Morgan fingerprint density at radius 3 is 2.72 bits per heavy atom. The lowest BCUT2D eigenvalue weighted by Gasteiger charge is -2.16. The molecule has 1 N–H and O–H groups in total. The van der Waals surface area contributed by atoms with Crippen LogP contribution in [0.5, 0.6) is 0 Å². The summed E-state index contributed by atoms with van der Waals surface area (Å²) < 4.78 is 6.96. The maximum absolute atomic E-state index is 11.7. The molecule has 3 heterocycles. The number of aromatic nitrogens is 5. The van der Waals surface area contributed by atoms with E-state index in [4.69, 9.17) is 21.1 Å². The highest BCUT2D eigenvalue weighted by atomic mass is 35.5. The van der Waals surface area contributed by atoms with Gasteiger partial charge in [-0.15, -0.1) is 0 Å². The number of hydrogen-bond acceptors (Lipinski definition) is 5. The summed E-state index contributed by atoms with van der Waals surface area (Å²) in [5.41, 5.74) is 9.44. The lowest BCUT2D eigenvalue weighted by Crippen LogP contribution is -2.06. The Bertz CT molecular complexity index is 1710. The molecule has 6 rings (SSSR count). The van der Waals surface area contributed by atoms with Gasteiger partial charge in [-0.1, -0.05) is 66.1 Å². The van der Waals surface area contributed by atoms with Crippen molar-refractivity contribution in [3.05, 3.63) is 110 Å². The highest BCUT2D eigenvalue weighted by molar-refractivity contribution is 6.34. The minimum Gasteiger partial charge on any atom is -0.308 e. The second kappa shape index (κ2) is 8.91. The number of H-pyrrole nitrogens is 1. The molecule has 8 heteroatoms. The molecule has 0 bridgehead atoms. The molecule has 36 heavy (non-hydrogen) atoms. The third-order valence-corrected chi connectivity index (χ3v) is 7.19. The van der Waals surface area contributed by atoms with Crippen LogP contribution in [0.25, 0.3) is 22.3 Å². The maximum atomic E-state index is 11.7. The summed E-state index contributed by atoms with van der Waals surface area (Å²) in [5.74, 6) is 0.844. The van der Waals surface area contributed by atoms with Crippen molar-refractivity contribution in [2.24, 2.45) is 0 Å². The van der Waals surface area contributed by atoms with Gasteiger partial charge in [0.05, 0.1) is 11.6 Å². The van der Waals surface area contributed by atoms with Crippen molar-refractivity contribution in [1.29, 1.82) is 0 Å². The average molecular weight is 498 g/mol. The molecule has 0 unspecified atom stereocenters. The lowest BCUT2D eigenvalue weighted by molar-refractivity contribution is 0.385. The predicted octanol–water partition coefficient (Wildman–Crippen LogP) is 5.45. The summed E-state index contributed by atoms with van der Waals surface area (Å²) >= 11 is 6.40. The number of halogens is 1. The first kappa shape index (κ1) is 22.5. The van der Waals surface area contributed by atoms with Crippen LogP contribution >= 0.6 is 11.6 Å². The lowest BCUT2D eigenvalue weighted by atomic mass is 9.89. The highest BCUT2D eigenvalue weighted by Crippen LogP contribution is 2.38. The fourth-order valence-corrected chi connectivity index (χ4v) is 5.34. The van der Waals surface area contributed by atoms with Crippen molar-refractivity contribution in [2.45, 2.75) is 39.7 Å². The molecule has 5 aromatic rings. The van der Waals surface area contributed by atoms with E-state index in [1.807, 2.05) is 13.0 Å². The maximum Gasteiger partial charge on any atom is 0.439 e. The van der Waals surface area contributed by atoms with E-state index in [2.05, 4.69) is 63.0 Å². The number of benzene rings is 2. The monoisotopic (exact) mass is 497 g/mol.